The zero-order chi connectivity index (χ0) is 20.0. The first-order valence-corrected chi connectivity index (χ1v) is 9.22. The van der Waals surface area contributed by atoms with E-state index in [1.807, 2.05) is 38.4 Å². The Bertz CT molecular complexity index is 797. The van der Waals surface area contributed by atoms with Gasteiger partial charge in [0.15, 0.2) is 0 Å². The molecule has 0 bridgehead atoms. The Morgan fingerprint density at radius 3 is 2.48 bits per heavy atom. The van der Waals surface area contributed by atoms with Gasteiger partial charge in [0.25, 0.3) is 5.91 Å². The molecule has 1 aromatic heterocycles. The smallest absolute Gasteiger partial charge is 0.319 e. The summed E-state index contributed by atoms with van der Waals surface area (Å²) in [6, 6.07) is 8.70. The molecule has 3 amide bonds. The fourth-order valence-corrected chi connectivity index (χ4v) is 2.79. The Balaban J connectivity index is 1.95. The molecule has 0 radical (unpaired) electrons. The normalized spacial score (nSPS) is 11.9. The molecule has 0 spiro atoms. The van der Waals surface area contributed by atoms with E-state index in [1.165, 1.54) is 0 Å². The molecule has 1 heterocycles. The van der Waals surface area contributed by atoms with Crippen LogP contribution in [-0.4, -0.2) is 34.3 Å². The minimum absolute atomic E-state index is 0.0150. The van der Waals surface area contributed by atoms with Crippen LogP contribution in [0.5, 0.6) is 0 Å². The first-order valence-electron chi connectivity index (χ1n) is 9.22. The van der Waals surface area contributed by atoms with Crippen LogP contribution in [0.2, 0.25) is 0 Å². The molecular formula is C20H29N5O2. The zero-order valence-corrected chi connectivity index (χ0v) is 16.7. The molecule has 1 aromatic carbocycles. The summed E-state index contributed by atoms with van der Waals surface area (Å²) < 4.78 is 1.96. The molecule has 7 heteroatoms. The van der Waals surface area contributed by atoms with E-state index in [1.54, 1.807) is 24.3 Å². The van der Waals surface area contributed by atoms with E-state index in [0.717, 1.165) is 17.9 Å². The van der Waals surface area contributed by atoms with Crippen molar-refractivity contribution in [1.82, 2.24) is 20.4 Å². The second-order valence-corrected chi connectivity index (χ2v) is 7.22. The summed E-state index contributed by atoms with van der Waals surface area (Å²) in [4.78, 5) is 24.5. The third-order valence-electron chi connectivity index (χ3n) is 4.04. The summed E-state index contributed by atoms with van der Waals surface area (Å²) in [7, 11) is 0. The maximum atomic E-state index is 12.6. The van der Waals surface area contributed by atoms with Crippen LogP contribution in [0.4, 0.5) is 10.5 Å². The quantitative estimate of drug-likeness (QED) is 0.699. The molecule has 7 nitrogen and oxygen atoms in total. The molecule has 0 unspecified atom stereocenters. The van der Waals surface area contributed by atoms with Gasteiger partial charge in [0, 0.05) is 24.8 Å². The van der Waals surface area contributed by atoms with Crippen LogP contribution in [0.3, 0.4) is 0 Å². The fourth-order valence-electron chi connectivity index (χ4n) is 2.79. The number of aromatic nitrogens is 2. The highest BCUT2D eigenvalue weighted by molar-refractivity contribution is 6.03. The number of aryl methyl sites for hydroxylation is 2. The summed E-state index contributed by atoms with van der Waals surface area (Å²) >= 11 is 0. The lowest BCUT2D eigenvalue weighted by molar-refractivity contribution is 0.0947. The van der Waals surface area contributed by atoms with Crippen LogP contribution in [0.15, 0.2) is 30.3 Å². The molecule has 0 aliphatic carbocycles. The molecule has 0 saturated carbocycles. The van der Waals surface area contributed by atoms with Gasteiger partial charge < -0.3 is 16.0 Å². The highest BCUT2D eigenvalue weighted by Gasteiger charge is 2.15. The lowest BCUT2D eigenvalue weighted by atomic mass is 10.1. The summed E-state index contributed by atoms with van der Waals surface area (Å²) in [5.74, 6) is 0.00646. The Labute approximate surface area is 160 Å². The van der Waals surface area contributed by atoms with Crippen LogP contribution in [0.25, 0.3) is 0 Å². The molecule has 146 valence electrons. The van der Waals surface area contributed by atoms with E-state index in [9.17, 15) is 9.59 Å². The standard InChI is InChI=1S/C20H29N5O2/c1-13(2)22-20(27)23-18-9-7-6-8-17(18)19(26)21-11-14(3)12-25-16(5)10-15(4)24-25/h6-10,13-14H,11-12H2,1-5H3,(H,21,26)(H2,22,23,27)/t14-/m1/s1. The van der Waals surface area contributed by atoms with Gasteiger partial charge in [0.1, 0.15) is 0 Å². The number of anilines is 1. The maximum Gasteiger partial charge on any atom is 0.319 e. The molecule has 2 rings (SSSR count). The SMILES string of the molecule is Cc1cc(C)n(C[C@H](C)CNC(=O)c2ccccc2NC(=O)NC(C)C)n1. The number of urea groups is 1. The van der Waals surface area contributed by atoms with E-state index in [4.69, 9.17) is 0 Å². The number of hydrogen-bond donors (Lipinski definition) is 3. The van der Waals surface area contributed by atoms with E-state index in [-0.39, 0.29) is 23.9 Å². The molecule has 1 atom stereocenters. The molecule has 0 saturated heterocycles. The van der Waals surface area contributed by atoms with Gasteiger partial charge in [0.05, 0.1) is 16.9 Å². The van der Waals surface area contributed by atoms with E-state index >= 15 is 0 Å². The number of hydrogen-bond acceptors (Lipinski definition) is 3. The van der Waals surface area contributed by atoms with Crippen LogP contribution in [0, 0.1) is 19.8 Å². The number of amides is 3. The van der Waals surface area contributed by atoms with Crippen molar-refractivity contribution in [3.05, 3.63) is 47.3 Å². The fraction of sp³-hybridized carbons (Fsp3) is 0.450. The van der Waals surface area contributed by atoms with Gasteiger partial charge in [-0.1, -0.05) is 19.1 Å². The number of benzene rings is 1. The van der Waals surface area contributed by atoms with Crippen LogP contribution >= 0.6 is 0 Å². The highest BCUT2D eigenvalue weighted by atomic mass is 16.2. The largest absolute Gasteiger partial charge is 0.352 e. The summed E-state index contributed by atoms with van der Waals surface area (Å²) in [6.45, 7) is 11.1. The monoisotopic (exact) mass is 371 g/mol. The van der Waals surface area contributed by atoms with Crippen LogP contribution in [-0.2, 0) is 6.54 Å². The zero-order valence-electron chi connectivity index (χ0n) is 16.7. The lowest BCUT2D eigenvalue weighted by Gasteiger charge is -2.16. The van der Waals surface area contributed by atoms with E-state index < -0.39 is 0 Å². The number of carbonyl (C=O) groups is 2. The number of para-hydroxylation sites is 1. The van der Waals surface area contributed by atoms with Crippen molar-refractivity contribution in [2.24, 2.45) is 5.92 Å². The minimum atomic E-state index is -0.330. The van der Waals surface area contributed by atoms with Gasteiger partial charge in [-0.25, -0.2) is 4.79 Å². The average Bonchev–Trinajstić information content (AvgIpc) is 2.89. The maximum absolute atomic E-state index is 12.6. The Hall–Kier alpha value is -2.83. The van der Waals surface area contributed by atoms with Crippen molar-refractivity contribution in [3.8, 4) is 0 Å². The molecule has 0 fully saturated rings. The van der Waals surface area contributed by atoms with Crippen molar-refractivity contribution >= 4 is 17.6 Å². The molecular weight excluding hydrogens is 342 g/mol. The predicted molar refractivity (Wildman–Crippen MR) is 107 cm³/mol. The number of nitrogens with one attached hydrogen (secondary N) is 3. The summed E-state index contributed by atoms with van der Waals surface area (Å²) in [5.41, 5.74) is 3.02. The number of rotatable bonds is 7. The van der Waals surface area contributed by atoms with E-state index in [2.05, 4.69) is 28.0 Å². The Morgan fingerprint density at radius 1 is 1.15 bits per heavy atom. The van der Waals surface area contributed by atoms with Crippen molar-refractivity contribution < 1.29 is 9.59 Å². The Morgan fingerprint density at radius 2 is 1.85 bits per heavy atom. The van der Waals surface area contributed by atoms with Gasteiger partial charge in [-0.3, -0.25) is 9.48 Å². The van der Waals surface area contributed by atoms with Crippen LogP contribution in [0.1, 0.15) is 42.5 Å². The van der Waals surface area contributed by atoms with Gasteiger partial charge in [-0.05, 0) is 51.8 Å². The number of nitrogens with zero attached hydrogens (tertiary/aromatic N) is 2. The summed E-state index contributed by atoms with van der Waals surface area (Å²) in [5, 5.41) is 12.9. The van der Waals surface area contributed by atoms with Gasteiger partial charge in [0.2, 0.25) is 0 Å². The topological polar surface area (TPSA) is 88.0 Å². The molecule has 0 aliphatic heterocycles. The third kappa shape index (κ3) is 6.13. The Kier molecular flexibility index (Phi) is 6.98. The van der Waals surface area contributed by atoms with E-state index in [0.29, 0.717) is 17.8 Å². The van der Waals surface area contributed by atoms with Gasteiger partial charge in [-0.2, -0.15) is 5.10 Å². The van der Waals surface area contributed by atoms with Crippen molar-refractivity contribution in [2.45, 2.75) is 47.2 Å². The lowest BCUT2D eigenvalue weighted by Crippen LogP contribution is -2.35. The predicted octanol–water partition coefficient (Wildman–Crippen LogP) is 3.10. The van der Waals surface area contributed by atoms with Crippen molar-refractivity contribution in [2.75, 3.05) is 11.9 Å². The van der Waals surface area contributed by atoms with Gasteiger partial charge >= 0.3 is 6.03 Å². The summed E-state index contributed by atoms with van der Waals surface area (Å²) in [6.07, 6.45) is 0. The molecule has 3 N–H and O–H groups in total. The molecule has 27 heavy (non-hydrogen) atoms. The van der Waals surface area contributed by atoms with Crippen LogP contribution < -0.4 is 16.0 Å². The average molecular weight is 371 g/mol. The number of carbonyl (C=O) groups excluding carboxylic acids is 2. The molecule has 0 aliphatic rings. The second-order valence-electron chi connectivity index (χ2n) is 7.22. The van der Waals surface area contributed by atoms with Gasteiger partial charge in [-0.15, -0.1) is 0 Å². The second kappa shape index (κ2) is 9.21. The molecule has 2 aromatic rings. The minimum Gasteiger partial charge on any atom is -0.352 e. The first kappa shape index (κ1) is 20.5. The van der Waals surface area contributed by atoms with Crippen molar-refractivity contribution in [3.63, 3.8) is 0 Å². The highest BCUT2D eigenvalue weighted by Crippen LogP contribution is 2.15. The first-order chi connectivity index (χ1) is 12.8. The third-order valence-corrected chi connectivity index (χ3v) is 4.04. The van der Waals surface area contributed by atoms with Crippen molar-refractivity contribution in [1.29, 1.82) is 0 Å².